The second-order valence-electron chi connectivity index (χ2n) is 8.27. The van der Waals surface area contributed by atoms with E-state index in [1.54, 1.807) is 45.2 Å². The zero-order valence-corrected chi connectivity index (χ0v) is 16.9. The van der Waals surface area contributed by atoms with Gasteiger partial charge in [0.25, 0.3) is 0 Å². The summed E-state index contributed by atoms with van der Waals surface area (Å²) in [5.74, 6) is -0.195. The van der Waals surface area contributed by atoms with Crippen molar-refractivity contribution in [1.29, 1.82) is 5.26 Å². The Labute approximate surface area is 169 Å². The van der Waals surface area contributed by atoms with Crippen molar-refractivity contribution >= 4 is 22.9 Å². The van der Waals surface area contributed by atoms with Crippen LogP contribution >= 0.6 is 0 Å². The van der Waals surface area contributed by atoms with Gasteiger partial charge < -0.3 is 25.0 Å². The maximum absolute atomic E-state index is 13.2. The number of alkyl carbamates (subject to hydrolysis) is 1. The molecule has 8 heteroatoms. The van der Waals surface area contributed by atoms with Gasteiger partial charge in [-0.2, -0.15) is 5.26 Å². The fourth-order valence-electron chi connectivity index (χ4n) is 3.57. The molecule has 29 heavy (non-hydrogen) atoms. The Kier molecular flexibility index (Phi) is 5.69. The van der Waals surface area contributed by atoms with Gasteiger partial charge in [-0.1, -0.05) is 0 Å². The van der Waals surface area contributed by atoms with Crippen molar-refractivity contribution in [3.05, 3.63) is 30.0 Å². The highest BCUT2D eigenvalue weighted by atomic mass is 16.6. The van der Waals surface area contributed by atoms with Gasteiger partial charge in [0.2, 0.25) is 5.91 Å². The standard InChI is InChI=1S/C21H26N4O4/c1-21(2,3)29-20(28)24-18(19(27)25-8-4-5-14(25)11-22)9-13-12-23-17-7-6-15(26)10-16(13)17/h6-7,10,12,14,18,23,26H,4-5,8-9H2,1-3H3,(H,24,28)/t14-,18?/m0/s1. The van der Waals surface area contributed by atoms with E-state index in [4.69, 9.17) is 4.74 Å². The Balaban J connectivity index is 1.87. The first-order valence-electron chi connectivity index (χ1n) is 9.66. The number of hydrogen-bond donors (Lipinski definition) is 3. The van der Waals surface area contributed by atoms with E-state index in [1.165, 1.54) is 4.90 Å². The molecule has 154 valence electrons. The number of aromatic amines is 1. The molecule has 1 saturated heterocycles. The fourth-order valence-corrected chi connectivity index (χ4v) is 3.57. The van der Waals surface area contributed by atoms with Gasteiger partial charge in [-0.05, 0) is 57.4 Å². The first kappa shape index (κ1) is 20.5. The zero-order valence-electron chi connectivity index (χ0n) is 16.9. The monoisotopic (exact) mass is 398 g/mol. The van der Waals surface area contributed by atoms with Crippen molar-refractivity contribution in [2.24, 2.45) is 0 Å². The molecular weight excluding hydrogens is 372 g/mol. The average Bonchev–Trinajstić information content (AvgIpc) is 3.25. The SMILES string of the molecule is CC(C)(C)OC(=O)NC(Cc1c[nH]c2ccc(O)cc12)C(=O)N1CCC[C@H]1C#N. The Bertz CT molecular complexity index is 954. The Hall–Kier alpha value is -3.21. The number of nitrogens with one attached hydrogen (secondary N) is 2. The normalized spacial score (nSPS) is 17.7. The lowest BCUT2D eigenvalue weighted by Gasteiger charge is -2.27. The van der Waals surface area contributed by atoms with Crippen molar-refractivity contribution in [2.75, 3.05) is 6.54 Å². The molecule has 1 aromatic heterocycles. The van der Waals surface area contributed by atoms with Crippen molar-refractivity contribution in [3.63, 3.8) is 0 Å². The van der Waals surface area contributed by atoms with Crippen LogP contribution in [-0.2, 0) is 16.0 Å². The van der Waals surface area contributed by atoms with Gasteiger partial charge >= 0.3 is 6.09 Å². The number of carbonyl (C=O) groups is 2. The summed E-state index contributed by atoms with van der Waals surface area (Å²) in [6, 6.07) is 5.72. The molecule has 1 aromatic carbocycles. The molecule has 2 heterocycles. The van der Waals surface area contributed by atoms with Crippen molar-refractivity contribution in [2.45, 2.75) is 57.7 Å². The topological polar surface area (TPSA) is 118 Å². The number of H-pyrrole nitrogens is 1. The molecule has 1 fully saturated rings. The van der Waals surface area contributed by atoms with Crippen LogP contribution in [0.25, 0.3) is 10.9 Å². The zero-order chi connectivity index (χ0) is 21.2. The maximum Gasteiger partial charge on any atom is 0.408 e. The second-order valence-corrected chi connectivity index (χ2v) is 8.27. The summed E-state index contributed by atoms with van der Waals surface area (Å²) in [6.45, 7) is 5.73. The number of nitrogens with zero attached hydrogens (tertiary/aromatic N) is 2. The largest absolute Gasteiger partial charge is 0.508 e. The molecule has 1 aliphatic rings. The average molecular weight is 398 g/mol. The predicted octanol–water partition coefficient (Wildman–Crippen LogP) is 2.82. The van der Waals surface area contributed by atoms with Crippen LogP contribution in [0.4, 0.5) is 4.79 Å². The minimum absolute atomic E-state index is 0.116. The smallest absolute Gasteiger partial charge is 0.408 e. The van der Waals surface area contributed by atoms with Crippen LogP contribution < -0.4 is 5.32 Å². The number of phenols is 1. The molecule has 8 nitrogen and oxygen atoms in total. The summed E-state index contributed by atoms with van der Waals surface area (Å²) < 4.78 is 5.33. The molecule has 1 unspecified atom stereocenters. The first-order chi connectivity index (χ1) is 13.7. The quantitative estimate of drug-likeness (QED) is 0.732. The lowest BCUT2D eigenvalue weighted by molar-refractivity contribution is -0.133. The van der Waals surface area contributed by atoms with Gasteiger partial charge in [0.15, 0.2) is 0 Å². The molecule has 0 radical (unpaired) electrons. The molecule has 0 spiro atoms. The third-order valence-electron chi connectivity index (χ3n) is 4.85. The third kappa shape index (κ3) is 4.80. The van der Waals surface area contributed by atoms with Crippen molar-refractivity contribution in [3.8, 4) is 11.8 Å². The summed E-state index contributed by atoms with van der Waals surface area (Å²) in [4.78, 5) is 30.2. The number of phenolic OH excluding ortho intramolecular Hbond substituents is 1. The third-order valence-corrected chi connectivity index (χ3v) is 4.85. The van der Waals surface area contributed by atoms with E-state index in [-0.39, 0.29) is 18.1 Å². The van der Waals surface area contributed by atoms with Gasteiger partial charge in [0.05, 0.1) is 6.07 Å². The summed E-state index contributed by atoms with van der Waals surface area (Å²) >= 11 is 0. The van der Waals surface area contributed by atoms with Crippen LogP contribution in [0.2, 0.25) is 0 Å². The van der Waals surface area contributed by atoms with E-state index in [9.17, 15) is 20.0 Å². The highest BCUT2D eigenvalue weighted by Gasteiger charge is 2.35. The number of amides is 2. The van der Waals surface area contributed by atoms with E-state index < -0.39 is 23.8 Å². The van der Waals surface area contributed by atoms with Crippen LogP contribution in [0.3, 0.4) is 0 Å². The summed E-state index contributed by atoms with van der Waals surface area (Å²) in [7, 11) is 0. The summed E-state index contributed by atoms with van der Waals surface area (Å²) in [5.41, 5.74) is 0.892. The molecule has 2 atom stereocenters. The summed E-state index contributed by atoms with van der Waals surface area (Å²) in [5, 5.41) is 22.6. The van der Waals surface area contributed by atoms with Crippen molar-refractivity contribution in [1.82, 2.24) is 15.2 Å². The van der Waals surface area contributed by atoms with E-state index in [0.29, 0.717) is 13.0 Å². The number of rotatable bonds is 4. The molecule has 0 bridgehead atoms. The maximum atomic E-state index is 13.2. The van der Waals surface area contributed by atoms with E-state index >= 15 is 0 Å². The van der Waals surface area contributed by atoms with Gasteiger partial charge in [-0.3, -0.25) is 4.79 Å². The highest BCUT2D eigenvalue weighted by Crippen LogP contribution is 2.25. The number of benzene rings is 1. The number of aromatic nitrogens is 1. The second kappa shape index (κ2) is 8.03. The number of carbonyl (C=O) groups excluding carboxylic acids is 2. The minimum Gasteiger partial charge on any atom is -0.508 e. The predicted molar refractivity (Wildman–Crippen MR) is 107 cm³/mol. The Morgan fingerprint density at radius 2 is 2.21 bits per heavy atom. The number of aromatic hydroxyl groups is 1. The van der Waals surface area contributed by atoms with Crippen LogP contribution in [0.15, 0.2) is 24.4 Å². The molecule has 0 saturated carbocycles. The Morgan fingerprint density at radius 3 is 2.90 bits per heavy atom. The lowest BCUT2D eigenvalue weighted by atomic mass is 10.0. The molecule has 2 aromatic rings. The van der Waals surface area contributed by atoms with Crippen LogP contribution in [-0.4, -0.2) is 51.2 Å². The fraction of sp³-hybridized carbons (Fsp3) is 0.476. The van der Waals surface area contributed by atoms with Gasteiger partial charge in [-0.25, -0.2) is 4.79 Å². The van der Waals surface area contributed by atoms with E-state index in [0.717, 1.165) is 22.9 Å². The Morgan fingerprint density at radius 1 is 1.45 bits per heavy atom. The van der Waals surface area contributed by atoms with Gasteiger partial charge in [-0.15, -0.1) is 0 Å². The van der Waals surface area contributed by atoms with Crippen molar-refractivity contribution < 1.29 is 19.4 Å². The highest BCUT2D eigenvalue weighted by molar-refractivity contribution is 5.89. The molecular formula is C21H26N4O4. The molecule has 2 amide bonds. The number of hydrogen-bond acceptors (Lipinski definition) is 5. The van der Waals surface area contributed by atoms with E-state index in [1.807, 2.05) is 0 Å². The van der Waals surface area contributed by atoms with Gasteiger partial charge in [0.1, 0.15) is 23.4 Å². The van der Waals surface area contributed by atoms with Gasteiger partial charge in [0, 0.05) is 30.1 Å². The number of nitriles is 1. The first-order valence-corrected chi connectivity index (χ1v) is 9.66. The number of ether oxygens (including phenoxy) is 1. The molecule has 3 rings (SSSR count). The minimum atomic E-state index is -0.889. The number of fused-ring (bicyclic) bond motifs is 1. The van der Waals surface area contributed by atoms with Crippen LogP contribution in [0.5, 0.6) is 5.75 Å². The van der Waals surface area contributed by atoms with Crippen LogP contribution in [0.1, 0.15) is 39.2 Å². The van der Waals surface area contributed by atoms with Crippen LogP contribution in [0, 0.1) is 11.3 Å². The number of likely N-dealkylation sites (tertiary alicyclic amines) is 1. The molecule has 0 aliphatic carbocycles. The summed E-state index contributed by atoms with van der Waals surface area (Å²) in [6.07, 6.45) is 2.65. The molecule has 1 aliphatic heterocycles. The molecule has 3 N–H and O–H groups in total. The lowest BCUT2D eigenvalue weighted by Crippen LogP contribution is -2.51. The van der Waals surface area contributed by atoms with E-state index in [2.05, 4.69) is 16.4 Å².